The average Bonchev–Trinajstić information content (AvgIpc) is 4.00. The van der Waals surface area contributed by atoms with Gasteiger partial charge in [-0.2, -0.15) is 11.8 Å². The molecular formula is C47H62KN7O12S. The summed E-state index contributed by atoms with van der Waals surface area (Å²) in [5, 5.41) is 61.5. The van der Waals surface area contributed by atoms with E-state index >= 15 is 0 Å². The fraction of sp³-hybridized carbons (Fsp3) is 0.553. The first-order valence-corrected chi connectivity index (χ1v) is 24.0. The summed E-state index contributed by atoms with van der Waals surface area (Å²) in [5.41, 5.74) is 1.84. The molecule has 1 saturated carbocycles. The van der Waals surface area contributed by atoms with Crippen LogP contribution in [0.4, 0.5) is 4.79 Å². The summed E-state index contributed by atoms with van der Waals surface area (Å²) >= 11 is 1.85. The Hall–Kier alpha value is -3.58. The van der Waals surface area contributed by atoms with Gasteiger partial charge in [-0.15, -0.1) is 0 Å². The van der Waals surface area contributed by atoms with Crippen molar-refractivity contribution in [3.05, 3.63) is 83.4 Å². The van der Waals surface area contributed by atoms with Crippen LogP contribution in [0.1, 0.15) is 72.9 Å². The third-order valence-electron chi connectivity index (χ3n) is 12.5. The molecule has 2 aromatic carbocycles. The van der Waals surface area contributed by atoms with E-state index in [2.05, 4.69) is 36.9 Å². The van der Waals surface area contributed by atoms with E-state index in [1.54, 1.807) is 48.5 Å². The van der Waals surface area contributed by atoms with Crippen molar-refractivity contribution in [1.82, 2.24) is 31.9 Å². The van der Waals surface area contributed by atoms with E-state index in [1.165, 1.54) is 0 Å². The van der Waals surface area contributed by atoms with Gasteiger partial charge in [-0.3, -0.25) is 29.0 Å². The van der Waals surface area contributed by atoms with Gasteiger partial charge in [-0.1, -0.05) is 73.2 Å². The number of ether oxygens (including phenoxy) is 2. The Morgan fingerprint density at radius 2 is 1.71 bits per heavy atom. The molecule has 21 heteroatoms. The number of rotatable bonds is 26. The number of carboxylic acids is 1. The molecule has 4 amide bonds. The van der Waals surface area contributed by atoms with Crippen LogP contribution in [-0.4, -0.2) is 150 Å². The number of hydrogen-bond donors (Lipinski definition) is 9. The van der Waals surface area contributed by atoms with E-state index < -0.39 is 67.4 Å². The monoisotopic (exact) mass is 987 g/mol. The topological polar surface area (TPSA) is 289 Å². The quantitative estimate of drug-likeness (QED) is 0.00874. The van der Waals surface area contributed by atoms with E-state index in [0.717, 1.165) is 30.6 Å². The Bertz CT molecular complexity index is 2070. The number of thioether (sulfide) groups is 1. The first-order valence-electron chi connectivity index (χ1n) is 22.9. The van der Waals surface area contributed by atoms with Crippen LogP contribution in [-0.2, 0) is 35.2 Å². The average molecular weight is 988 g/mol. The number of Topliss-reactive ketones (excluding diaryl/α,β-unsaturated/α-hetero) is 1. The number of fused-ring (bicyclic) bond motifs is 1. The molecule has 3 aliphatic heterocycles. The molecule has 9 N–H and O–H groups in total. The van der Waals surface area contributed by atoms with Gasteiger partial charge >= 0.3 is 63.4 Å². The summed E-state index contributed by atoms with van der Waals surface area (Å²) in [5.74, 6) is -2.40. The fourth-order valence-electron chi connectivity index (χ4n) is 8.77. The first kappa shape index (κ1) is 55.3. The van der Waals surface area contributed by atoms with Gasteiger partial charge in [0.1, 0.15) is 30.6 Å². The van der Waals surface area contributed by atoms with Crippen molar-refractivity contribution in [2.45, 2.75) is 106 Å². The van der Waals surface area contributed by atoms with Gasteiger partial charge in [0.2, 0.25) is 11.8 Å². The number of urea groups is 1. The molecule has 68 heavy (non-hydrogen) atoms. The Balaban J connectivity index is 0.00000864. The maximum absolute atomic E-state index is 12.9. The van der Waals surface area contributed by atoms with Crippen LogP contribution >= 0.6 is 11.8 Å². The Morgan fingerprint density at radius 3 is 2.47 bits per heavy atom. The number of nitrogens with zero attached hydrogens (tertiary/aromatic N) is 1. The summed E-state index contributed by atoms with van der Waals surface area (Å²) in [6.45, 7) is -0.260. The van der Waals surface area contributed by atoms with E-state index in [-0.39, 0.29) is 126 Å². The number of unbranched alkanes of at least 4 members (excludes halogenated alkanes) is 1. The van der Waals surface area contributed by atoms with E-state index in [1.807, 2.05) is 30.0 Å². The minimum Gasteiger partial charge on any atom is -0.861 e. The number of carbonyl (C=O) groups is 6. The molecule has 2 aromatic rings. The molecular weight excluding hydrogens is 926 g/mol. The van der Waals surface area contributed by atoms with Crippen LogP contribution in [0.5, 0.6) is 0 Å². The molecule has 3 saturated heterocycles. The number of carboxylic acid groups (broad SMARTS) is 1. The van der Waals surface area contributed by atoms with Crippen molar-refractivity contribution >= 4 is 53.0 Å². The largest absolute Gasteiger partial charge is 1.00 e. The summed E-state index contributed by atoms with van der Waals surface area (Å²) in [6.07, 6.45) is 2.98. The summed E-state index contributed by atoms with van der Waals surface area (Å²) in [7, 11) is 0. The Kier molecular flexibility index (Phi) is 23.0. The number of allylic oxidation sites excluding steroid dienone is 1. The molecule has 0 aromatic heterocycles. The smallest absolute Gasteiger partial charge is 0.861 e. The summed E-state index contributed by atoms with van der Waals surface area (Å²) < 4.78 is 12.2. The maximum atomic E-state index is 12.9. The molecule has 4 aliphatic rings. The number of ketones is 2. The molecule has 10 atom stereocenters. The van der Waals surface area contributed by atoms with Crippen molar-refractivity contribution in [2.75, 3.05) is 45.1 Å². The number of hydrogen-bond acceptors (Lipinski definition) is 15. The van der Waals surface area contributed by atoms with Crippen LogP contribution in [0.25, 0.3) is 0 Å². The zero-order chi connectivity index (χ0) is 47.7. The third-order valence-corrected chi connectivity index (χ3v) is 14.0. The number of aliphatic carboxylic acids is 1. The van der Waals surface area contributed by atoms with Crippen molar-refractivity contribution in [1.29, 1.82) is 0 Å². The van der Waals surface area contributed by atoms with Gasteiger partial charge in [0.15, 0.2) is 12.1 Å². The van der Waals surface area contributed by atoms with Crippen molar-refractivity contribution in [3.63, 3.8) is 0 Å². The van der Waals surface area contributed by atoms with Gasteiger partial charge in [0.05, 0.1) is 31.3 Å². The van der Waals surface area contributed by atoms with Gasteiger partial charge in [-0.05, 0) is 56.0 Å². The van der Waals surface area contributed by atoms with Crippen LogP contribution in [0, 0.1) is 11.8 Å². The molecule has 6 rings (SSSR count). The van der Waals surface area contributed by atoms with Crippen LogP contribution in [0.15, 0.2) is 71.7 Å². The van der Waals surface area contributed by atoms with Crippen LogP contribution in [0.2, 0.25) is 0 Å². The maximum Gasteiger partial charge on any atom is 1.00 e. The minimum absolute atomic E-state index is 0. The Labute approximate surface area is 442 Å². The fourth-order valence-corrected chi connectivity index (χ4v) is 10.3. The second-order valence-corrected chi connectivity index (χ2v) is 18.5. The van der Waals surface area contributed by atoms with Gasteiger partial charge in [0.25, 0.3) is 0 Å². The molecule has 0 radical (unpaired) electrons. The Morgan fingerprint density at radius 1 is 0.941 bits per heavy atom. The SMILES string of the molecule is O=C(O)C[C@H]1CCC(=O)[C@@H]1C/C=C\CCO[C@H]1O[C@H](CNC(=O)CNC(=O)CN=C([O-])CNCCCCC2SCC3NC(=O)NC32)[C@H](O)[C@@H](O)[C@@H]1NCc1ccc(C(=O)c2ccccc2)cc1.[K+]. The predicted octanol–water partition coefficient (Wildman–Crippen LogP) is -2.83. The summed E-state index contributed by atoms with van der Waals surface area (Å²) in [4.78, 5) is 77.0. The first-order chi connectivity index (χ1) is 32.4. The molecule has 1 aliphatic carbocycles. The molecule has 364 valence electrons. The zero-order valence-electron chi connectivity index (χ0n) is 38.3. The second-order valence-electron chi connectivity index (χ2n) is 17.2. The minimum atomic E-state index is -1.47. The molecule has 19 nitrogen and oxygen atoms in total. The number of aliphatic hydroxyl groups is 2. The zero-order valence-corrected chi connectivity index (χ0v) is 42.2. The molecule has 0 bridgehead atoms. The van der Waals surface area contributed by atoms with Crippen LogP contribution < -0.4 is 88.4 Å². The normalized spacial score (nSPS) is 26.7. The number of carbonyl (C=O) groups excluding carboxylic acids is 5. The van der Waals surface area contributed by atoms with Gasteiger partial charge in [0, 0.05) is 60.5 Å². The van der Waals surface area contributed by atoms with E-state index in [0.29, 0.717) is 48.6 Å². The second kappa shape index (κ2) is 28.3. The van der Waals surface area contributed by atoms with Crippen molar-refractivity contribution in [2.24, 2.45) is 16.8 Å². The number of aliphatic hydroxyl groups excluding tert-OH is 2. The molecule has 3 heterocycles. The number of amides is 4. The van der Waals surface area contributed by atoms with E-state index in [4.69, 9.17) is 9.47 Å². The van der Waals surface area contributed by atoms with E-state index in [9.17, 15) is 49.2 Å². The number of aliphatic imine (C=N–C) groups is 1. The number of nitrogens with one attached hydrogen (secondary N) is 6. The number of benzene rings is 2. The summed E-state index contributed by atoms with van der Waals surface area (Å²) in [6, 6.07) is 15.2. The van der Waals surface area contributed by atoms with Crippen molar-refractivity contribution < 1.29 is 110 Å². The molecule has 0 spiro atoms. The third kappa shape index (κ3) is 16.8. The predicted molar refractivity (Wildman–Crippen MR) is 246 cm³/mol. The molecule has 3 unspecified atom stereocenters. The van der Waals surface area contributed by atoms with Crippen LogP contribution in [0.3, 0.4) is 0 Å². The van der Waals surface area contributed by atoms with Gasteiger partial charge < -0.3 is 61.8 Å². The van der Waals surface area contributed by atoms with Crippen molar-refractivity contribution in [3.8, 4) is 0 Å². The molecule has 4 fully saturated rings. The standard InChI is InChI=1S/C47H63N7O12S.K/c55-34-18-17-31(21-40(59)60)32(34)11-5-2-8-20-65-46-42(52-22-28-13-15-30(16-14-28)43(61)29-9-3-1-4-10-29)45(63)44(62)35(66-46)23-49-38(57)25-51-39(58)26-50-37(56)24-48-19-7-6-12-36-41-33(27-67-36)53-47(64)54-41;/h1-5,9-10,13-16,31-33,35-36,41-42,44-46,48,52,62-63H,6-8,11-12,17-27H2,(H,49,57)(H,50,56)(H,51,58)(H,59,60)(H2,53,54,64);/q;+1/p-1/b5-2-;/t31-,32-,33?,35-,36?,41?,42+,44+,45+,46+;/m1./s1. The van der Waals surface area contributed by atoms with Gasteiger partial charge in [-0.25, -0.2) is 4.79 Å².